The number of aromatic nitrogens is 2. The molecule has 1 amide bonds. The summed E-state index contributed by atoms with van der Waals surface area (Å²) in [7, 11) is 1.28. The summed E-state index contributed by atoms with van der Waals surface area (Å²) in [6.07, 6.45) is 16.1. The van der Waals surface area contributed by atoms with Crippen LogP contribution in [-0.4, -0.2) is 58.0 Å². The molecule has 0 saturated heterocycles. The number of H-pyrrole nitrogens is 1. The summed E-state index contributed by atoms with van der Waals surface area (Å²) in [6.45, 7) is 6.40. The van der Waals surface area contributed by atoms with Crippen LogP contribution in [0, 0.1) is 28.6 Å². The summed E-state index contributed by atoms with van der Waals surface area (Å²) in [5, 5.41) is 18.0. The van der Waals surface area contributed by atoms with Crippen molar-refractivity contribution in [3.8, 4) is 0 Å². The van der Waals surface area contributed by atoms with Crippen molar-refractivity contribution in [1.82, 2.24) is 15.3 Å². The number of nitrogens with zero attached hydrogens (tertiary/aromatic N) is 2. The van der Waals surface area contributed by atoms with E-state index in [0.29, 0.717) is 29.2 Å². The van der Waals surface area contributed by atoms with E-state index in [1.54, 1.807) is 6.20 Å². The van der Waals surface area contributed by atoms with Crippen molar-refractivity contribution in [1.29, 1.82) is 0 Å². The molecule has 5 rings (SSSR count). The molecule has 4 aliphatic rings. The molecule has 0 aromatic carbocycles. The van der Waals surface area contributed by atoms with Gasteiger partial charge in [0.2, 0.25) is 0 Å². The fourth-order valence-electron chi connectivity index (χ4n) is 7.86. The zero-order chi connectivity index (χ0) is 27.1. The minimum Gasteiger partial charge on any atom is -0.467 e. The van der Waals surface area contributed by atoms with E-state index >= 15 is 0 Å². The molecule has 1 heterocycles. The Labute approximate surface area is 224 Å². The van der Waals surface area contributed by atoms with Crippen LogP contribution in [0.2, 0.25) is 0 Å². The van der Waals surface area contributed by atoms with Gasteiger partial charge in [-0.2, -0.15) is 0 Å². The van der Waals surface area contributed by atoms with Crippen LogP contribution in [0.25, 0.3) is 0 Å². The lowest BCUT2D eigenvalue weighted by Gasteiger charge is -2.58. The van der Waals surface area contributed by atoms with Crippen LogP contribution in [-0.2, 0) is 25.6 Å². The maximum Gasteiger partial charge on any atom is 0.328 e. The topological polar surface area (TPSA) is 126 Å². The van der Waals surface area contributed by atoms with Crippen molar-refractivity contribution in [3.05, 3.63) is 42.0 Å². The van der Waals surface area contributed by atoms with E-state index in [2.05, 4.69) is 46.4 Å². The highest BCUT2D eigenvalue weighted by Gasteiger charge is 2.61. The molecule has 1 aromatic rings. The molecule has 7 atom stereocenters. The van der Waals surface area contributed by atoms with Crippen LogP contribution in [0.15, 0.2) is 41.5 Å². The van der Waals surface area contributed by atoms with Gasteiger partial charge in [-0.05, 0) is 80.8 Å². The van der Waals surface area contributed by atoms with Crippen LogP contribution >= 0.6 is 0 Å². The first kappa shape index (κ1) is 26.7. The number of carbonyl (C=O) groups is 2. The van der Waals surface area contributed by atoms with Crippen molar-refractivity contribution in [2.45, 2.75) is 77.4 Å². The molecule has 0 unspecified atom stereocenters. The summed E-state index contributed by atoms with van der Waals surface area (Å²) in [5.41, 5.74) is 2.19. The lowest BCUT2D eigenvalue weighted by atomic mass is 9.47. The number of fused-ring (bicyclic) bond motifs is 5. The van der Waals surface area contributed by atoms with Gasteiger partial charge in [0, 0.05) is 23.7 Å². The molecule has 3 N–H and O–H groups in total. The van der Waals surface area contributed by atoms with Gasteiger partial charge >= 0.3 is 5.97 Å². The average molecular weight is 525 g/mol. The van der Waals surface area contributed by atoms with Crippen molar-refractivity contribution in [2.24, 2.45) is 33.7 Å². The van der Waals surface area contributed by atoms with E-state index in [9.17, 15) is 14.7 Å². The number of amides is 1. The third-order valence-corrected chi connectivity index (χ3v) is 10.3. The maximum absolute atomic E-state index is 12.5. The summed E-state index contributed by atoms with van der Waals surface area (Å²) >= 11 is 0. The largest absolute Gasteiger partial charge is 0.467 e. The first-order valence-corrected chi connectivity index (χ1v) is 13.7. The number of aliphatic hydroxyl groups is 1. The van der Waals surface area contributed by atoms with Gasteiger partial charge in [-0.25, -0.2) is 9.78 Å². The molecule has 1 aromatic heterocycles. The van der Waals surface area contributed by atoms with Gasteiger partial charge in [-0.1, -0.05) is 30.7 Å². The third-order valence-electron chi connectivity index (χ3n) is 10.3. The minimum absolute atomic E-state index is 0.0103. The van der Waals surface area contributed by atoms with Gasteiger partial charge in [0.1, 0.15) is 11.8 Å². The molecular formula is C29H40N4O5. The van der Waals surface area contributed by atoms with Crippen molar-refractivity contribution >= 4 is 17.6 Å². The average Bonchev–Trinajstić information content (AvgIpc) is 3.48. The Bertz CT molecular complexity index is 1160. The second kappa shape index (κ2) is 9.98. The van der Waals surface area contributed by atoms with Gasteiger partial charge in [-0.3, -0.25) is 4.79 Å². The zero-order valence-electron chi connectivity index (χ0n) is 22.8. The molecule has 206 valence electrons. The number of rotatable bonds is 7. The Morgan fingerprint density at radius 3 is 2.76 bits per heavy atom. The fourth-order valence-corrected chi connectivity index (χ4v) is 7.86. The zero-order valence-corrected chi connectivity index (χ0v) is 22.8. The van der Waals surface area contributed by atoms with Gasteiger partial charge in [-0.15, -0.1) is 0 Å². The molecule has 3 saturated carbocycles. The standard InChI is InChI=1S/C29H40N4O5/c1-27-10-7-19(33-38-16-25(34)32-24(26(35)37-4)14-20-15-30-17-31-20)13-18(27)5-6-21-22(27)8-11-28(2)23(21)9-12-29(28,3)36/h7,10,13,15,17,21-24,36H,5-6,8-9,11-12,14,16H2,1-4H3,(H,30,31)(H,32,34)/b33-19+/t21-,22+,23+,24-,27+,28+,29+/m1/s1. The first-order valence-electron chi connectivity index (χ1n) is 13.7. The predicted molar refractivity (Wildman–Crippen MR) is 142 cm³/mol. The van der Waals surface area contributed by atoms with Crippen molar-refractivity contribution < 1.29 is 24.3 Å². The van der Waals surface area contributed by atoms with E-state index in [0.717, 1.165) is 38.5 Å². The molecular weight excluding hydrogens is 484 g/mol. The molecule has 4 aliphatic carbocycles. The fraction of sp³-hybridized carbons (Fsp3) is 0.655. The Hall–Kier alpha value is -2.94. The van der Waals surface area contributed by atoms with Crippen molar-refractivity contribution in [2.75, 3.05) is 13.7 Å². The van der Waals surface area contributed by atoms with Crippen molar-refractivity contribution in [3.63, 3.8) is 0 Å². The summed E-state index contributed by atoms with van der Waals surface area (Å²) in [4.78, 5) is 36.8. The van der Waals surface area contributed by atoms with E-state index in [-0.39, 0.29) is 23.9 Å². The molecule has 9 heteroatoms. The number of aromatic amines is 1. The molecule has 3 fully saturated rings. The number of oxime groups is 1. The lowest BCUT2D eigenvalue weighted by molar-refractivity contribution is -0.145. The number of allylic oxidation sites excluding steroid dienone is 4. The number of carbonyl (C=O) groups excluding carboxylic acids is 2. The Balaban J connectivity index is 1.20. The second-order valence-corrected chi connectivity index (χ2v) is 12.2. The molecule has 0 spiro atoms. The first-order chi connectivity index (χ1) is 18.1. The monoisotopic (exact) mass is 524 g/mol. The van der Waals surface area contributed by atoms with Crippen LogP contribution < -0.4 is 5.32 Å². The van der Waals surface area contributed by atoms with Gasteiger partial charge < -0.3 is 25.0 Å². The third kappa shape index (κ3) is 4.59. The number of ether oxygens (including phenoxy) is 1. The van der Waals surface area contributed by atoms with E-state index in [1.165, 1.54) is 19.0 Å². The molecule has 0 bridgehead atoms. The lowest BCUT2D eigenvalue weighted by Crippen LogP contribution is -2.53. The van der Waals surface area contributed by atoms with Crippen LogP contribution in [0.3, 0.4) is 0 Å². The van der Waals surface area contributed by atoms with Gasteiger partial charge in [0.05, 0.1) is 19.0 Å². The number of methoxy groups -OCH3 is 1. The SMILES string of the molecule is COC(=O)[C@@H](Cc1cnc[nH]1)NC(=O)CO/N=C1\C=C[C@@]2(C)C(=C1)CC[C@@H]1[C@@H]2CC[C@@]2(C)[C@H]1CC[C@]2(C)O. The highest BCUT2D eigenvalue weighted by atomic mass is 16.6. The van der Waals surface area contributed by atoms with Crippen LogP contribution in [0.1, 0.15) is 65.0 Å². The highest BCUT2D eigenvalue weighted by Crippen LogP contribution is 2.66. The molecule has 9 nitrogen and oxygen atoms in total. The maximum atomic E-state index is 12.5. The van der Waals surface area contributed by atoms with E-state index in [4.69, 9.17) is 9.57 Å². The quantitative estimate of drug-likeness (QED) is 0.370. The summed E-state index contributed by atoms with van der Waals surface area (Å²) in [5.74, 6) is 0.752. The van der Waals surface area contributed by atoms with Gasteiger partial charge in [0.15, 0.2) is 6.61 Å². The highest BCUT2D eigenvalue weighted by molar-refractivity contribution is 6.05. The normalized spacial score (nSPS) is 37.4. The van der Waals surface area contributed by atoms with Crippen LogP contribution in [0.4, 0.5) is 0 Å². The Morgan fingerprint density at radius 2 is 2.03 bits per heavy atom. The number of nitrogens with one attached hydrogen (secondary N) is 2. The minimum atomic E-state index is -0.849. The smallest absolute Gasteiger partial charge is 0.328 e. The molecule has 0 aliphatic heterocycles. The number of imidazole rings is 1. The molecule has 0 radical (unpaired) electrons. The molecule has 38 heavy (non-hydrogen) atoms. The van der Waals surface area contributed by atoms with Crippen LogP contribution in [0.5, 0.6) is 0 Å². The number of hydrogen-bond acceptors (Lipinski definition) is 7. The van der Waals surface area contributed by atoms with Gasteiger partial charge in [0.25, 0.3) is 5.91 Å². The second-order valence-electron chi connectivity index (χ2n) is 12.2. The number of esters is 1. The summed E-state index contributed by atoms with van der Waals surface area (Å²) < 4.78 is 4.81. The Morgan fingerprint density at radius 1 is 1.24 bits per heavy atom. The predicted octanol–water partition coefficient (Wildman–Crippen LogP) is 3.47. The number of hydrogen-bond donors (Lipinski definition) is 3. The van der Waals surface area contributed by atoms with E-state index < -0.39 is 23.5 Å². The van der Waals surface area contributed by atoms with E-state index in [1.807, 2.05) is 13.0 Å². The summed E-state index contributed by atoms with van der Waals surface area (Å²) in [6, 6.07) is -0.849. The Kier molecular flexibility index (Phi) is 7.00.